The summed E-state index contributed by atoms with van der Waals surface area (Å²) < 4.78 is 27.3. The number of carbonyl (C=O) groups excluding carboxylic acids is 2. The third kappa shape index (κ3) is 5.78. The second-order valence-corrected chi connectivity index (χ2v) is 10.1. The molecule has 5 aromatic rings. The second-order valence-electron chi connectivity index (χ2n) is 10.1. The van der Waals surface area contributed by atoms with E-state index in [1.165, 1.54) is 37.5 Å². The number of fused-ring (bicyclic) bond motifs is 1. The molecule has 3 amide bonds. The molecule has 0 unspecified atom stereocenters. The van der Waals surface area contributed by atoms with E-state index in [0.717, 1.165) is 11.8 Å². The van der Waals surface area contributed by atoms with Crippen LogP contribution in [0, 0.1) is 5.82 Å². The number of halogens is 1. The van der Waals surface area contributed by atoms with Crippen molar-refractivity contribution in [1.82, 2.24) is 25.2 Å². The Morgan fingerprint density at radius 3 is 2.54 bits per heavy atom. The number of nitrogens with two attached hydrogens (primary N) is 1. The van der Waals surface area contributed by atoms with Crippen LogP contribution in [-0.2, 0) is 5.41 Å². The monoisotopic (exact) mass is 558 g/mol. The Morgan fingerprint density at radius 2 is 1.80 bits per heavy atom. The smallest absolute Gasteiger partial charge is 0.324 e. The van der Waals surface area contributed by atoms with Crippen molar-refractivity contribution in [3.05, 3.63) is 78.0 Å². The lowest BCUT2D eigenvalue weighted by Crippen LogP contribution is -2.22. The molecular formula is C28H27FN8O4. The van der Waals surface area contributed by atoms with Crippen LogP contribution in [-0.4, -0.2) is 38.9 Å². The van der Waals surface area contributed by atoms with Crippen molar-refractivity contribution in [2.75, 3.05) is 23.4 Å². The van der Waals surface area contributed by atoms with E-state index in [0.29, 0.717) is 28.2 Å². The van der Waals surface area contributed by atoms with Crippen molar-refractivity contribution in [3.8, 4) is 17.2 Å². The highest BCUT2D eigenvalue weighted by Gasteiger charge is 2.22. The van der Waals surface area contributed by atoms with E-state index in [9.17, 15) is 14.0 Å². The first-order valence-corrected chi connectivity index (χ1v) is 12.5. The Balaban J connectivity index is 1.35. The zero-order valence-electron chi connectivity index (χ0n) is 22.7. The lowest BCUT2D eigenvalue weighted by molar-refractivity contribution is 0.0957. The van der Waals surface area contributed by atoms with Gasteiger partial charge in [0.25, 0.3) is 5.91 Å². The van der Waals surface area contributed by atoms with Crippen molar-refractivity contribution >= 4 is 40.2 Å². The molecule has 0 aliphatic rings. The van der Waals surface area contributed by atoms with E-state index in [4.69, 9.17) is 15.0 Å². The highest BCUT2D eigenvalue weighted by molar-refractivity contribution is 5.99. The van der Waals surface area contributed by atoms with Crippen molar-refractivity contribution in [2.24, 2.45) is 0 Å². The third-order valence-corrected chi connectivity index (χ3v) is 6.06. The number of nitrogen functional groups attached to an aromatic ring is 1. The Morgan fingerprint density at radius 1 is 1.02 bits per heavy atom. The van der Waals surface area contributed by atoms with Crippen LogP contribution in [0.1, 0.15) is 37.0 Å². The summed E-state index contributed by atoms with van der Waals surface area (Å²) in [5.74, 6) is -0.0612. The first kappa shape index (κ1) is 27.1. The van der Waals surface area contributed by atoms with Gasteiger partial charge in [-0.3, -0.25) is 15.1 Å². The topological polar surface area (TPSA) is 162 Å². The van der Waals surface area contributed by atoms with Gasteiger partial charge in [0.2, 0.25) is 0 Å². The van der Waals surface area contributed by atoms with Crippen LogP contribution < -0.4 is 26.4 Å². The molecular weight excluding hydrogens is 531 g/mol. The molecule has 0 saturated heterocycles. The SMILES string of the molecule is CNC(=O)c1cc(Oc2ccc(NC(=O)Nc3cc(C(C)(C)C)nn3-c3ccc4onc(N)c4c3)c(F)c2)ccn1. The molecule has 0 spiro atoms. The summed E-state index contributed by atoms with van der Waals surface area (Å²) in [6.45, 7) is 5.99. The maximum Gasteiger partial charge on any atom is 0.324 e. The van der Waals surface area contributed by atoms with E-state index in [1.54, 1.807) is 28.9 Å². The minimum atomic E-state index is -0.726. The molecule has 3 aromatic heterocycles. The zero-order valence-corrected chi connectivity index (χ0v) is 22.7. The van der Waals surface area contributed by atoms with Crippen molar-refractivity contribution in [3.63, 3.8) is 0 Å². The molecule has 2 aromatic carbocycles. The van der Waals surface area contributed by atoms with E-state index in [2.05, 4.69) is 31.2 Å². The predicted molar refractivity (Wildman–Crippen MR) is 151 cm³/mol. The van der Waals surface area contributed by atoms with Crippen LogP contribution in [0.15, 0.2) is 65.3 Å². The fourth-order valence-electron chi connectivity index (χ4n) is 3.90. The molecule has 12 nitrogen and oxygen atoms in total. The molecule has 0 atom stereocenters. The highest BCUT2D eigenvalue weighted by atomic mass is 19.1. The molecule has 0 bridgehead atoms. The Kier molecular flexibility index (Phi) is 7.01. The van der Waals surface area contributed by atoms with Crippen LogP contribution >= 0.6 is 0 Å². The number of amides is 3. The summed E-state index contributed by atoms with van der Waals surface area (Å²) in [6.07, 6.45) is 1.41. The number of aromatic nitrogens is 4. The van der Waals surface area contributed by atoms with Crippen molar-refractivity contribution in [2.45, 2.75) is 26.2 Å². The molecule has 3 heterocycles. The van der Waals surface area contributed by atoms with Gasteiger partial charge in [-0.15, -0.1) is 0 Å². The van der Waals surface area contributed by atoms with Crippen molar-refractivity contribution in [1.29, 1.82) is 0 Å². The number of anilines is 3. The number of rotatable bonds is 6. The average molecular weight is 559 g/mol. The highest BCUT2D eigenvalue weighted by Crippen LogP contribution is 2.30. The lowest BCUT2D eigenvalue weighted by Gasteiger charge is -2.14. The number of carbonyl (C=O) groups is 2. The number of nitrogens with one attached hydrogen (secondary N) is 3. The summed E-state index contributed by atoms with van der Waals surface area (Å²) in [6, 6.07) is 13.2. The van der Waals surface area contributed by atoms with Crippen LogP contribution in [0.4, 0.5) is 26.5 Å². The first-order valence-electron chi connectivity index (χ1n) is 12.5. The van der Waals surface area contributed by atoms with Crippen molar-refractivity contribution < 1.29 is 23.2 Å². The lowest BCUT2D eigenvalue weighted by atomic mass is 9.92. The van der Waals surface area contributed by atoms with Gasteiger partial charge in [-0.25, -0.2) is 13.9 Å². The molecule has 5 rings (SSSR count). The van der Waals surface area contributed by atoms with Gasteiger partial charge in [0.05, 0.1) is 22.5 Å². The van der Waals surface area contributed by atoms with Crippen LogP contribution in [0.25, 0.3) is 16.7 Å². The summed E-state index contributed by atoms with van der Waals surface area (Å²) >= 11 is 0. The van der Waals surface area contributed by atoms with Gasteiger partial charge in [0, 0.05) is 36.9 Å². The average Bonchev–Trinajstić information content (AvgIpc) is 3.53. The molecule has 0 aliphatic carbocycles. The van der Waals surface area contributed by atoms with Gasteiger partial charge in [-0.1, -0.05) is 25.9 Å². The summed E-state index contributed by atoms with van der Waals surface area (Å²) in [5, 5.41) is 16.8. The quantitative estimate of drug-likeness (QED) is 0.220. The third-order valence-electron chi connectivity index (χ3n) is 6.06. The van der Waals surface area contributed by atoms with E-state index in [-0.39, 0.29) is 34.3 Å². The number of hydrogen-bond donors (Lipinski definition) is 4. The summed E-state index contributed by atoms with van der Waals surface area (Å²) in [4.78, 5) is 28.7. The first-order chi connectivity index (χ1) is 19.5. The van der Waals surface area contributed by atoms with Gasteiger partial charge in [-0.05, 0) is 36.4 Å². The molecule has 210 valence electrons. The standard InChI is InChI=1S/C28H27FN8O4/c1-28(2,3)23-14-24(37(35-23)15-5-8-22-18(11-15)25(30)36-41-22)34-27(39)33-20-7-6-16(12-19(20)29)40-17-9-10-32-21(13-17)26(38)31-4/h5-14H,1-4H3,(H2,30,36)(H,31,38)(H2,33,34,39). The Bertz CT molecular complexity index is 1770. The number of pyridine rings is 1. The Labute approximate surface area is 233 Å². The van der Waals surface area contributed by atoms with Crippen LogP contribution in [0.5, 0.6) is 11.5 Å². The zero-order chi connectivity index (χ0) is 29.3. The number of ether oxygens (including phenoxy) is 1. The van der Waals surface area contributed by atoms with Gasteiger partial charge < -0.3 is 25.6 Å². The van der Waals surface area contributed by atoms with Gasteiger partial charge in [0.1, 0.15) is 28.8 Å². The molecule has 41 heavy (non-hydrogen) atoms. The molecule has 5 N–H and O–H groups in total. The maximum atomic E-state index is 14.9. The number of benzene rings is 2. The fraction of sp³-hybridized carbons (Fsp3) is 0.179. The summed E-state index contributed by atoms with van der Waals surface area (Å²) in [7, 11) is 1.49. The normalized spacial score (nSPS) is 11.3. The maximum absolute atomic E-state index is 14.9. The van der Waals surface area contributed by atoms with E-state index < -0.39 is 11.8 Å². The van der Waals surface area contributed by atoms with Crippen LogP contribution in [0.3, 0.4) is 0 Å². The van der Waals surface area contributed by atoms with E-state index in [1.807, 2.05) is 20.8 Å². The van der Waals surface area contributed by atoms with Gasteiger partial charge in [-0.2, -0.15) is 5.10 Å². The largest absolute Gasteiger partial charge is 0.457 e. The number of nitrogens with zero attached hydrogens (tertiary/aromatic N) is 4. The second kappa shape index (κ2) is 10.6. The van der Waals surface area contributed by atoms with Gasteiger partial charge in [0.15, 0.2) is 11.4 Å². The molecule has 0 fully saturated rings. The minimum absolute atomic E-state index is 0.0728. The predicted octanol–water partition coefficient (Wildman–Crippen LogP) is 5.22. The Hall–Kier alpha value is -5.46. The number of hydrogen-bond acceptors (Lipinski definition) is 8. The molecule has 13 heteroatoms. The number of urea groups is 1. The van der Waals surface area contributed by atoms with Crippen LogP contribution in [0.2, 0.25) is 0 Å². The minimum Gasteiger partial charge on any atom is -0.457 e. The van der Waals surface area contributed by atoms with Gasteiger partial charge >= 0.3 is 6.03 Å². The molecule has 0 saturated carbocycles. The molecule has 0 radical (unpaired) electrons. The molecule has 0 aliphatic heterocycles. The fourth-order valence-corrected chi connectivity index (χ4v) is 3.90. The summed E-state index contributed by atoms with van der Waals surface area (Å²) in [5.41, 5.74) is 7.52. The van der Waals surface area contributed by atoms with E-state index >= 15 is 0 Å².